The third-order valence-corrected chi connectivity index (χ3v) is 5.63. The van der Waals surface area contributed by atoms with Crippen LogP contribution in [0.4, 0.5) is 5.69 Å². The molecule has 0 spiro atoms. The highest BCUT2D eigenvalue weighted by Gasteiger charge is 2.15. The number of aryl methyl sites for hydroxylation is 1. The van der Waals surface area contributed by atoms with Crippen LogP contribution in [-0.2, 0) is 0 Å². The first-order valence-electron chi connectivity index (χ1n) is 10.6. The molecule has 33 heavy (non-hydrogen) atoms. The Labute approximate surface area is 193 Å². The van der Waals surface area contributed by atoms with Crippen LogP contribution in [0, 0.1) is 6.92 Å². The number of amides is 1. The van der Waals surface area contributed by atoms with Crippen LogP contribution in [0.1, 0.15) is 33.2 Å². The average Bonchev–Trinajstić information content (AvgIpc) is 2.83. The van der Waals surface area contributed by atoms with Crippen LogP contribution in [-0.4, -0.2) is 25.9 Å². The minimum Gasteiger partial charge on any atom is -0.493 e. The molecule has 0 radical (unpaired) electrons. The molecule has 1 N–H and O–H groups in total. The summed E-state index contributed by atoms with van der Waals surface area (Å²) in [5.41, 5.74) is 4.81. The number of nitrogens with one attached hydrogen (secondary N) is 1. The quantitative estimate of drug-likeness (QED) is 0.359. The number of carbonyl (C=O) groups is 2. The largest absolute Gasteiger partial charge is 0.493 e. The zero-order valence-corrected chi connectivity index (χ0v) is 19.1. The highest BCUT2D eigenvalue weighted by atomic mass is 16.5. The Morgan fingerprint density at radius 1 is 0.758 bits per heavy atom. The van der Waals surface area contributed by atoms with Gasteiger partial charge in [-0.1, -0.05) is 29.8 Å². The van der Waals surface area contributed by atoms with Gasteiger partial charge < -0.3 is 14.8 Å². The molecule has 0 aromatic heterocycles. The molecule has 4 aromatic carbocycles. The Hall–Kier alpha value is -4.12. The second-order valence-electron chi connectivity index (χ2n) is 7.91. The summed E-state index contributed by atoms with van der Waals surface area (Å²) in [5.74, 6) is 0.962. The Kier molecular flexibility index (Phi) is 6.13. The molecule has 0 saturated carbocycles. The zero-order chi connectivity index (χ0) is 23.5. The molecule has 0 aliphatic heterocycles. The first-order valence-corrected chi connectivity index (χ1v) is 10.6. The third kappa shape index (κ3) is 4.58. The summed E-state index contributed by atoms with van der Waals surface area (Å²) in [4.78, 5) is 24.7. The SMILES string of the molecule is COc1cc2cc(C(=O)Nc3ccc(C(C)=O)cc3)cc(-c3ccc(C)cc3)c2cc1OC. The molecular weight excluding hydrogens is 414 g/mol. The monoisotopic (exact) mass is 439 g/mol. The van der Waals surface area contributed by atoms with E-state index in [0.29, 0.717) is 28.3 Å². The third-order valence-electron chi connectivity index (χ3n) is 5.63. The van der Waals surface area contributed by atoms with Gasteiger partial charge in [-0.05, 0) is 84.3 Å². The molecule has 0 bridgehead atoms. The predicted octanol–water partition coefficient (Wildman–Crippen LogP) is 6.29. The lowest BCUT2D eigenvalue weighted by Crippen LogP contribution is -2.12. The van der Waals surface area contributed by atoms with E-state index in [0.717, 1.165) is 27.5 Å². The molecular formula is C28H25NO4. The van der Waals surface area contributed by atoms with E-state index < -0.39 is 0 Å². The van der Waals surface area contributed by atoms with E-state index in [9.17, 15) is 9.59 Å². The van der Waals surface area contributed by atoms with Crippen LogP contribution in [0.5, 0.6) is 11.5 Å². The number of carbonyl (C=O) groups excluding carboxylic acids is 2. The van der Waals surface area contributed by atoms with E-state index in [1.54, 1.807) is 38.5 Å². The molecule has 0 saturated heterocycles. The van der Waals surface area contributed by atoms with Crippen LogP contribution in [0.2, 0.25) is 0 Å². The normalized spacial score (nSPS) is 10.7. The van der Waals surface area contributed by atoms with Crippen molar-refractivity contribution in [3.05, 3.63) is 89.5 Å². The molecule has 1 amide bonds. The molecule has 4 aromatic rings. The maximum Gasteiger partial charge on any atom is 0.255 e. The molecule has 0 heterocycles. The number of rotatable bonds is 6. The van der Waals surface area contributed by atoms with Crippen LogP contribution < -0.4 is 14.8 Å². The van der Waals surface area contributed by atoms with Crippen LogP contribution in [0.25, 0.3) is 21.9 Å². The second-order valence-corrected chi connectivity index (χ2v) is 7.91. The lowest BCUT2D eigenvalue weighted by molar-refractivity contribution is 0.101. The minimum atomic E-state index is -0.240. The van der Waals surface area contributed by atoms with Gasteiger partial charge in [-0.2, -0.15) is 0 Å². The molecule has 166 valence electrons. The van der Waals surface area contributed by atoms with Gasteiger partial charge in [0.2, 0.25) is 0 Å². The standard InChI is InChI=1S/C28H25NO4/c1-17-5-7-20(8-6-17)24-14-22(13-21-15-26(32-3)27(33-4)16-25(21)24)28(31)29-23-11-9-19(10-12-23)18(2)30/h5-16H,1-4H3,(H,29,31). The van der Waals surface area contributed by atoms with Gasteiger partial charge in [0.15, 0.2) is 17.3 Å². The van der Waals surface area contributed by atoms with Crippen molar-refractivity contribution in [3.8, 4) is 22.6 Å². The fraction of sp³-hybridized carbons (Fsp3) is 0.143. The number of ether oxygens (including phenoxy) is 2. The molecule has 5 heteroatoms. The van der Waals surface area contributed by atoms with Gasteiger partial charge in [0.1, 0.15) is 0 Å². The van der Waals surface area contributed by atoms with E-state index in [1.165, 1.54) is 6.92 Å². The van der Waals surface area contributed by atoms with Crippen molar-refractivity contribution in [2.24, 2.45) is 0 Å². The van der Waals surface area contributed by atoms with E-state index in [1.807, 2.05) is 55.5 Å². The topological polar surface area (TPSA) is 64.6 Å². The molecule has 0 fully saturated rings. The Morgan fingerprint density at radius 3 is 2.00 bits per heavy atom. The Balaban J connectivity index is 1.81. The summed E-state index contributed by atoms with van der Waals surface area (Å²) in [6.45, 7) is 3.55. The fourth-order valence-electron chi connectivity index (χ4n) is 3.78. The number of hydrogen-bond donors (Lipinski definition) is 1. The average molecular weight is 440 g/mol. The molecule has 0 aliphatic carbocycles. The molecule has 0 unspecified atom stereocenters. The predicted molar refractivity (Wildman–Crippen MR) is 132 cm³/mol. The summed E-state index contributed by atoms with van der Waals surface area (Å²) in [7, 11) is 3.19. The van der Waals surface area contributed by atoms with Gasteiger partial charge in [-0.3, -0.25) is 9.59 Å². The summed E-state index contributed by atoms with van der Waals surface area (Å²) < 4.78 is 11.0. The van der Waals surface area contributed by atoms with Crippen LogP contribution in [0.3, 0.4) is 0 Å². The maximum atomic E-state index is 13.2. The first-order chi connectivity index (χ1) is 15.9. The fourth-order valence-corrected chi connectivity index (χ4v) is 3.78. The van der Waals surface area contributed by atoms with Gasteiger partial charge in [0.25, 0.3) is 5.91 Å². The molecule has 4 rings (SSSR count). The van der Waals surface area contributed by atoms with Crippen molar-refractivity contribution in [1.29, 1.82) is 0 Å². The van der Waals surface area contributed by atoms with Crippen molar-refractivity contribution in [2.45, 2.75) is 13.8 Å². The lowest BCUT2D eigenvalue weighted by atomic mass is 9.94. The molecule has 0 aliphatic rings. The Bertz CT molecular complexity index is 1340. The summed E-state index contributed by atoms with van der Waals surface area (Å²) >= 11 is 0. The van der Waals surface area contributed by atoms with E-state index in [4.69, 9.17) is 9.47 Å². The van der Waals surface area contributed by atoms with Crippen LogP contribution >= 0.6 is 0 Å². The zero-order valence-electron chi connectivity index (χ0n) is 19.1. The summed E-state index contributed by atoms with van der Waals surface area (Å²) in [6, 6.07) is 22.6. The molecule has 0 atom stereocenters. The maximum absolute atomic E-state index is 13.2. The van der Waals surface area contributed by atoms with Crippen molar-refractivity contribution < 1.29 is 19.1 Å². The molecule has 5 nitrogen and oxygen atoms in total. The van der Waals surface area contributed by atoms with Crippen molar-refractivity contribution in [3.63, 3.8) is 0 Å². The van der Waals surface area contributed by atoms with E-state index >= 15 is 0 Å². The van der Waals surface area contributed by atoms with Crippen molar-refractivity contribution >= 4 is 28.2 Å². The lowest BCUT2D eigenvalue weighted by Gasteiger charge is -2.15. The number of methoxy groups -OCH3 is 2. The Morgan fingerprint density at radius 2 is 1.39 bits per heavy atom. The van der Waals surface area contributed by atoms with Gasteiger partial charge in [-0.15, -0.1) is 0 Å². The van der Waals surface area contributed by atoms with E-state index in [-0.39, 0.29) is 11.7 Å². The summed E-state index contributed by atoms with van der Waals surface area (Å²) in [6.07, 6.45) is 0. The number of Topliss-reactive ketones (excluding diaryl/α,β-unsaturated/α-hetero) is 1. The summed E-state index contributed by atoms with van der Waals surface area (Å²) in [5, 5.41) is 4.74. The smallest absolute Gasteiger partial charge is 0.255 e. The number of fused-ring (bicyclic) bond motifs is 1. The van der Waals surface area contributed by atoms with Crippen LogP contribution in [0.15, 0.2) is 72.8 Å². The number of ketones is 1. The number of benzene rings is 4. The highest BCUT2D eigenvalue weighted by molar-refractivity contribution is 6.10. The minimum absolute atomic E-state index is 0.0190. The van der Waals surface area contributed by atoms with Crippen molar-refractivity contribution in [1.82, 2.24) is 0 Å². The second kappa shape index (κ2) is 9.17. The van der Waals surface area contributed by atoms with Gasteiger partial charge in [0.05, 0.1) is 14.2 Å². The first kappa shape index (κ1) is 22.1. The van der Waals surface area contributed by atoms with Gasteiger partial charge in [0, 0.05) is 16.8 Å². The van der Waals surface area contributed by atoms with Crippen molar-refractivity contribution in [2.75, 3.05) is 19.5 Å². The number of anilines is 1. The van der Waals surface area contributed by atoms with Gasteiger partial charge in [-0.25, -0.2) is 0 Å². The van der Waals surface area contributed by atoms with Gasteiger partial charge >= 0.3 is 0 Å². The highest BCUT2D eigenvalue weighted by Crippen LogP contribution is 2.38. The number of hydrogen-bond acceptors (Lipinski definition) is 4. The van der Waals surface area contributed by atoms with E-state index in [2.05, 4.69) is 5.32 Å².